The predicted octanol–water partition coefficient (Wildman–Crippen LogP) is 2.11. The molecule has 5 nitrogen and oxygen atoms in total. The smallest absolute Gasteiger partial charge is 0.237 e. The first kappa shape index (κ1) is 13.3. The van der Waals surface area contributed by atoms with E-state index in [-0.39, 0.29) is 11.9 Å². The molecule has 1 saturated heterocycles. The largest absolute Gasteiger partial charge is 0.472 e. The molecule has 0 aromatic carbocycles. The standard InChI is InChI=1S/C14H17N3O2S/c1-10-13(18)15-4-2-5-17(10)7-12-9-20-14(16-12)11-3-6-19-8-11/h3,6,8-10H,2,4-5,7H2,1H3,(H,15,18). The summed E-state index contributed by atoms with van der Waals surface area (Å²) >= 11 is 1.60. The highest BCUT2D eigenvalue weighted by molar-refractivity contribution is 7.13. The van der Waals surface area contributed by atoms with E-state index in [2.05, 4.69) is 20.6 Å². The van der Waals surface area contributed by atoms with Gasteiger partial charge in [-0.05, 0) is 19.4 Å². The number of furan rings is 1. The van der Waals surface area contributed by atoms with E-state index in [0.717, 1.165) is 35.8 Å². The fraction of sp³-hybridized carbons (Fsp3) is 0.429. The molecule has 0 radical (unpaired) electrons. The van der Waals surface area contributed by atoms with Crippen molar-refractivity contribution >= 4 is 17.2 Å². The van der Waals surface area contributed by atoms with Gasteiger partial charge in [-0.25, -0.2) is 4.98 Å². The molecule has 20 heavy (non-hydrogen) atoms. The third-order valence-corrected chi connectivity index (χ3v) is 4.47. The van der Waals surface area contributed by atoms with Crippen molar-refractivity contribution in [3.8, 4) is 10.6 Å². The zero-order valence-electron chi connectivity index (χ0n) is 11.3. The van der Waals surface area contributed by atoms with Gasteiger partial charge in [0.25, 0.3) is 0 Å². The van der Waals surface area contributed by atoms with Gasteiger partial charge in [0.1, 0.15) is 11.3 Å². The molecule has 1 aliphatic rings. The number of nitrogens with one attached hydrogen (secondary N) is 1. The second-order valence-corrected chi connectivity index (χ2v) is 5.81. The molecule has 106 valence electrons. The Bertz CT molecular complexity index is 579. The highest BCUT2D eigenvalue weighted by Gasteiger charge is 2.24. The Morgan fingerprint density at radius 3 is 3.30 bits per heavy atom. The number of thiazole rings is 1. The molecule has 2 aromatic heterocycles. The average molecular weight is 291 g/mol. The van der Waals surface area contributed by atoms with Gasteiger partial charge < -0.3 is 9.73 Å². The van der Waals surface area contributed by atoms with Crippen LogP contribution in [0.5, 0.6) is 0 Å². The number of aromatic nitrogens is 1. The minimum Gasteiger partial charge on any atom is -0.472 e. The Morgan fingerprint density at radius 2 is 2.50 bits per heavy atom. The van der Waals surface area contributed by atoms with Gasteiger partial charge in [-0.3, -0.25) is 9.69 Å². The highest BCUT2D eigenvalue weighted by atomic mass is 32.1. The van der Waals surface area contributed by atoms with Crippen LogP contribution in [0.4, 0.5) is 0 Å². The molecule has 1 amide bonds. The molecule has 0 bridgehead atoms. The van der Waals surface area contributed by atoms with Crippen molar-refractivity contribution in [2.24, 2.45) is 0 Å². The average Bonchev–Trinajstić information content (AvgIpc) is 3.08. The number of hydrogen-bond donors (Lipinski definition) is 1. The lowest BCUT2D eigenvalue weighted by Gasteiger charge is -2.24. The SMILES string of the molecule is CC1C(=O)NCCCN1Cc1csc(-c2ccoc2)n1. The maximum Gasteiger partial charge on any atom is 0.237 e. The van der Waals surface area contributed by atoms with Crippen LogP contribution < -0.4 is 5.32 Å². The topological polar surface area (TPSA) is 58.4 Å². The number of carbonyl (C=O) groups excluding carboxylic acids is 1. The molecular weight excluding hydrogens is 274 g/mol. The molecule has 0 spiro atoms. The van der Waals surface area contributed by atoms with Crippen LogP contribution in [-0.2, 0) is 11.3 Å². The Balaban J connectivity index is 1.72. The van der Waals surface area contributed by atoms with Crippen molar-refractivity contribution in [2.45, 2.75) is 25.9 Å². The van der Waals surface area contributed by atoms with Crippen molar-refractivity contribution < 1.29 is 9.21 Å². The number of rotatable bonds is 3. The molecule has 3 rings (SSSR count). The first-order valence-electron chi connectivity index (χ1n) is 6.73. The van der Waals surface area contributed by atoms with Gasteiger partial charge in [0.15, 0.2) is 0 Å². The van der Waals surface area contributed by atoms with Crippen molar-refractivity contribution in [3.05, 3.63) is 29.7 Å². The summed E-state index contributed by atoms with van der Waals surface area (Å²) in [7, 11) is 0. The van der Waals surface area contributed by atoms with Crippen molar-refractivity contribution in [2.75, 3.05) is 13.1 Å². The van der Waals surface area contributed by atoms with Crippen LogP contribution in [-0.4, -0.2) is 34.9 Å². The third-order valence-electron chi connectivity index (χ3n) is 3.53. The Hall–Kier alpha value is -1.66. The van der Waals surface area contributed by atoms with E-state index >= 15 is 0 Å². The van der Waals surface area contributed by atoms with Gasteiger partial charge in [0, 0.05) is 30.6 Å². The van der Waals surface area contributed by atoms with Crippen LogP contribution in [0.2, 0.25) is 0 Å². The Kier molecular flexibility index (Phi) is 3.84. The summed E-state index contributed by atoms with van der Waals surface area (Å²) < 4.78 is 5.08. The summed E-state index contributed by atoms with van der Waals surface area (Å²) in [6, 6.07) is 1.81. The van der Waals surface area contributed by atoms with Crippen LogP contribution in [0.1, 0.15) is 19.0 Å². The van der Waals surface area contributed by atoms with E-state index < -0.39 is 0 Å². The van der Waals surface area contributed by atoms with Crippen LogP contribution in [0.25, 0.3) is 10.6 Å². The van der Waals surface area contributed by atoms with Gasteiger partial charge in [-0.15, -0.1) is 11.3 Å². The summed E-state index contributed by atoms with van der Waals surface area (Å²) in [5.74, 6) is 0.104. The fourth-order valence-electron chi connectivity index (χ4n) is 2.32. The lowest BCUT2D eigenvalue weighted by atomic mass is 10.2. The van der Waals surface area contributed by atoms with Gasteiger partial charge in [-0.1, -0.05) is 0 Å². The maximum atomic E-state index is 11.8. The van der Waals surface area contributed by atoms with Crippen LogP contribution >= 0.6 is 11.3 Å². The fourth-order valence-corrected chi connectivity index (χ4v) is 3.12. The van der Waals surface area contributed by atoms with E-state index in [1.54, 1.807) is 23.9 Å². The molecule has 0 saturated carbocycles. The van der Waals surface area contributed by atoms with E-state index in [1.807, 2.05) is 13.0 Å². The van der Waals surface area contributed by atoms with Crippen LogP contribution in [0.15, 0.2) is 28.4 Å². The molecule has 6 heteroatoms. The molecule has 1 unspecified atom stereocenters. The van der Waals surface area contributed by atoms with Crippen LogP contribution in [0.3, 0.4) is 0 Å². The lowest BCUT2D eigenvalue weighted by molar-refractivity contribution is -0.125. The van der Waals surface area contributed by atoms with E-state index in [9.17, 15) is 4.79 Å². The van der Waals surface area contributed by atoms with Gasteiger partial charge >= 0.3 is 0 Å². The summed E-state index contributed by atoms with van der Waals surface area (Å²) in [4.78, 5) is 18.6. The maximum absolute atomic E-state index is 11.8. The molecule has 1 atom stereocenters. The highest BCUT2D eigenvalue weighted by Crippen LogP contribution is 2.25. The number of hydrogen-bond acceptors (Lipinski definition) is 5. The summed E-state index contributed by atoms with van der Waals surface area (Å²) in [6.07, 6.45) is 4.33. The van der Waals surface area contributed by atoms with Gasteiger partial charge in [0.2, 0.25) is 5.91 Å². The monoisotopic (exact) mass is 291 g/mol. The quantitative estimate of drug-likeness (QED) is 0.941. The van der Waals surface area contributed by atoms with E-state index in [4.69, 9.17) is 4.42 Å². The zero-order chi connectivity index (χ0) is 13.9. The molecular formula is C14H17N3O2S. The minimum absolute atomic E-state index is 0.100. The Labute approximate surface area is 121 Å². The number of nitrogens with zero attached hydrogens (tertiary/aromatic N) is 2. The first-order valence-corrected chi connectivity index (χ1v) is 7.61. The molecule has 1 N–H and O–H groups in total. The normalized spacial score (nSPS) is 20.6. The summed E-state index contributed by atoms with van der Waals surface area (Å²) in [5, 5.41) is 5.94. The first-order chi connectivity index (χ1) is 9.74. The molecule has 0 aliphatic carbocycles. The van der Waals surface area contributed by atoms with Crippen molar-refractivity contribution in [3.63, 3.8) is 0 Å². The molecule has 1 aliphatic heterocycles. The lowest BCUT2D eigenvalue weighted by Crippen LogP contribution is -2.41. The van der Waals surface area contributed by atoms with Gasteiger partial charge in [0.05, 0.1) is 18.0 Å². The predicted molar refractivity (Wildman–Crippen MR) is 77.3 cm³/mol. The molecule has 2 aromatic rings. The van der Waals surface area contributed by atoms with Gasteiger partial charge in [-0.2, -0.15) is 0 Å². The number of carbonyl (C=O) groups is 1. The molecule has 1 fully saturated rings. The van der Waals surface area contributed by atoms with E-state index in [0.29, 0.717) is 6.54 Å². The Morgan fingerprint density at radius 1 is 1.60 bits per heavy atom. The second kappa shape index (κ2) is 5.76. The van der Waals surface area contributed by atoms with Crippen molar-refractivity contribution in [1.29, 1.82) is 0 Å². The summed E-state index contributed by atoms with van der Waals surface area (Å²) in [6.45, 7) is 4.34. The molecule has 3 heterocycles. The van der Waals surface area contributed by atoms with E-state index in [1.165, 1.54) is 0 Å². The number of amides is 1. The second-order valence-electron chi connectivity index (χ2n) is 4.95. The van der Waals surface area contributed by atoms with Crippen molar-refractivity contribution in [1.82, 2.24) is 15.2 Å². The zero-order valence-corrected chi connectivity index (χ0v) is 12.2. The third kappa shape index (κ3) is 2.76. The summed E-state index contributed by atoms with van der Waals surface area (Å²) in [5.41, 5.74) is 2.01. The van der Waals surface area contributed by atoms with Crippen LogP contribution in [0, 0.1) is 0 Å². The minimum atomic E-state index is -0.100.